The van der Waals surface area contributed by atoms with Crippen LogP contribution in [0.4, 0.5) is 11.4 Å². The highest BCUT2D eigenvalue weighted by Crippen LogP contribution is 2.42. The number of para-hydroxylation sites is 1. The Labute approximate surface area is 202 Å². The number of esters is 1. The van der Waals surface area contributed by atoms with Crippen LogP contribution in [0.5, 0.6) is 5.75 Å². The summed E-state index contributed by atoms with van der Waals surface area (Å²) in [6.07, 6.45) is 2.49. The van der Waals surface area contributed by atoms with Crippen LogP contribution in [0.1, 0.15) is 32.6 Å². The summed E-state index contributed by atoms with van der Waals surface area (Å²) in [6.45, 7) is 2.31. The van der Waals surface area contributed by atoms with Crippen molar-refractivity contribution < 1.29 is 23.9 Å². The number of nitrogens with zero attached hydrogens (tertiary/aromatic N) is 2. The highest BCUT2D eigenvalue weighted by atomic mass is 35.5. The fraction of sp³-hybridized carbons (Fsp3) is 0.385. The van der Waals surface area contributed by atoms with E-state index in [9.17, 15) is 19.2 Å². The van der Waals surface area contributed by atoms with Gasteiger partial charge in [-0.05, 0) is 61.6 Å². The summed E-state index contributed by atoms with van der Waals surface area (Å²) in [5.41, 5.74) is 1.06. The maximum absolute atomic E-state index is 12.9. The number of carbonyl (C=O) groups excluding carboxylic acids is 4. The molecule has 2 aliphatic heterocycles. The minimum atomic E-state index is -0.615. The van der Waals surface area contributed by atoms with Crippen LogP contribution in [0.2, 0.25) is 5.02 Å². The Morgan fingerprint density at radius 1 is 0.971 bits per heavy atom. The van der Waals surface area contributed by atoms with Crippen molar-refractivity contribution in [2.45, 2.75) is 32.6 Å². The summed E-state index contributed by atoms with van der Waals surface area (Å²) in [5.74, 6) is -1.34. The average Bonchev–Trinajstić information content (AvgIpc) is 3.32. The van der Waals surface area contributed by atoms with Gasteiger partial charge in [0.25, 0.3) is 0 Å². The molecule has 3 amide bonds. The highest BCUT2D eigenvalue weighted by Gasteiger charge is 2.50. The summed E-state index contributed by atoms with van der Waals surface area (Å²) in [4.78, 5) is 53.7. The molecule has 2 aromatic rings. The van der Waals surface area contributed by atoms with E-state index in [1.807, 2.05) is 0 Å². The third kappa shape index (κ3) is 3.98. The van der Waals surface area contributed by atoms with Gasteiger partial charge in [-0.25, -0.2) is 0 Å². The lowest BCUT2D eigenvalue weighted by atomic mass is 9.76. The zero-order chi connectivity index (χ0) is 24.0. The van der Waals surface area contributed by atoms with Gasteiger partial charge in [-0.3, -0.25) is 24.1 Å². The Bertz CT molecular complexity index is 1160. The van der Waals surface area contributed by atoms with E-state index in [2.05, 4.69) is 6.92 Å². The molecule has 0 bridgehead atoms. The lowest BCUT2D eigenvalue weighted by Gasteiger charge is -2.25. The number of carbonyl (C=O) groups is 4. The Kier molecular flexibility index (Phi) is 5.90. The Morgan fingerprint density at radius 3 is 2.41 bits per heavy atom. The molecule has 4 atom stereocenters. The first-order valence-electron chi connectivity index (χ1n) is 11.6. The van der Waals surface area contributed by atoms with Gasteiger partial charge < -0.3 is 9.64 Å². The number of halogens is 1. The van der Waals surface area contributed by atoms with Crippen LogP contribution < -0.4 is 14.5 Å². The topological polar surface area (TPSA) is 84.0 Å². The molecule has 3 aliphatic rings. The monoisotopic (exact) mass is 480 g/mol. The Hall–Kier alpha value is -3.19. The minimum absolute atomic E-state index is 0.0418. The number of benzene rings is 2. The van der Waals surface area contributed by atoms with Crippen molar-refractivity contribution in [3.63, 3.8) is 0 Å². The van der Waals surface area contributed by atoms with E-state index in [-0.39, 0.29) is 42.5 Å². The molecule has 2 saturated heterocycles. The smallest absolute Gasteiger partial charge is 0.316 e. The molecular formula is C26H25ClN2O5. The first-order chi connectivity index (χ1) is 16.3. The quantitative estimate of drug-likeness (QED) is 0.371. The normalized spacial score (nSPS) is 26.7. The third-order valence-corrected chi connectivity index (χ3v) is 7.42. The largest absolute Gasteiger partial charge is 0.426 e. The zero-order valence-corrected chi connectivity index (χ0v) is 19.5. The second kappa shape index (κ2) is 8.87. The van der Waals surface area contributed by atoms with Crippen LogP contribution in [0.25, 0.3) is 0 Å². The van der Waals surface area contributed by atoms with Gasteiger partial charge in [-0.1, -0.05) is 30.7 Å². The Balaban J connectivity index is 1.25. The van der Waals surface area contributed by atoms with Gasteiger partial charge in [0.15, 0.2) is 0 Å². The maximum atomic E-state index is 12.9. The highest BCUT2D eigenvalue weighted by molar-refractivity contribution is 6.33. The molecule has 1 saturated carbocycles. The number of hydrogen-bond donors (Lipinski definition) is 0. The first-order valence-corrected chi connectivity index (χ1v) is 12.0. The van der Waals surface area contributed by atoms with Gasteiger partial charge in [0.2, 0.25) is 17.7 Å². The molecule has 0 radical (unpaired) electrons. The van der Waals surface area contributed by atoms with Crippen molar-refractivity contribution in [3.05, 3.63) is 53.6 Å². The molecule has 0 N–H and O–H groups in total. The molecule has 0 aromatic heterocycles. The van der Waals surface area contributed by atoms with E-state index >= 15 is 0 Å². The number of rotatable bonds is 4. The summed E-state index contributed by atoms with van der Waals surface area (Å²) in [5, 5.41) is 0.445. The SMILES string of the molecule is C[C@@H]1CC[C@@H]2C(=O)N(c3ccc(OC(=O)[C@H]4CC(=O)N(c5ccccc5Cl)C4)cc3)C(=O)[C@H]2C1. The molecule has 8 heteroatoms. The van der Waals surface area contributed by atoms with Crippen molar-refractivity contribution in [2.24, 2.45) is 23.7 Å². The number of hydrogen-bond acceptors (Lipinski definition) is 5. The van der Waals surface area contributed by atoms with Gasteiger partial charge in [0.05, 0.1) is 34.2 Å². The number of imide groups is 1. The van der Waals surface area contributed by atoms with E-state index in [0.29, 0.717) is 28.1 Å². The fourth-order valence-electron chi connectivity index (χ4n) is 5.28. The van der Waals surface area contributed by atoms with Crippen molar-refractivity contribution in [2.75, 3.05) is 16.3 Å². The summed E-state index contributed by atoms with van der Waals surface area (Å²) < 4.78 is 5.50. The molecule has 2 heterocycles. The number of anilines is 2. The molecule has 176 valence electrons. The molecule has 0 unspecified atom stereocenters. The Morgan fingerprint density at radius 2 is 1.68 bits per heavy atom. The van der Waals surface area contributed by atoms with E-state index < -0.39 is 11.9 Å². The van der Waals surface area contributed by atoms with Crippen LogP contribution in [0.15, 0.2) is 48.5 Å². The average molecular weight is 481 g/mol. The molecule has 34 heavy (non-hydrogen) atoms. The summed E-state index contributed by atoms with van der Waals surface area (Å²) in [7, 11) is 0. The van der Waals surface area contributed by atoms with Crippen LogP contribution in [-0.4, -0.2) is 30.2 Å². The standard InChI is InChI=1S/C26H25ClN2O5/c1-15-6-11-19-20(12-15)25(32)29(24(19)31)17-7-9-18(10-8-17)34-26(33)16-13-23(30)28(14-16)22-5-3-2-4-21(22)27/h2-5,7-10,15-16,19-20H,6,11-14H2,1H3/t15-,16+,19+,20+/m1/s1. The van der Waals surface area contributed by atoms with Gasteiger partial charge in [0, 0.05) is 13.0 Å². The maximum Gasteiger partial charge on any atom is 0.316 e. The second-order valence-electron chi connectivity index (χ2n) is 9.41. The molecule has 5 rings (SSSR count). The van der Waals surface area contributed by atoms with Crippen molar-refractivity contribution in [3.8, 4) is 5.75 Å². The summed E-state index contributed by atoms with van der Waals surface area (Å²) >= 11 is 6.20. The van der Waals surface area contributed by atoms with Crippen LogP contribution in [0, 0.1) is 23.7 Å². The van der Waals surface area contributed by atoms with Crippen molar-refractivity contribution in [1.29, 1.82) is 0 Å². The number of amides is 3. The van der Waals surface area contributed by atoms with Crippen LogP contribution >= 0.6 is 11.6 Å². The lowest BCUT2D eigenvalue weighted by Crippen LogP contribution is -2.30. The summed E-state index contributed by atoms with van der Waals surface area (Å²) in [6, 6.07) is 13.4. The third-order valence-electron chi connectivity index (χ3n) is 7.10. The molecule has 7 nitrogen and oxygen atoms in total. The molecule has 1 aliphatic carbocycles. The van der Waals surface area contributed by atoms with E-state index in [1.165, 1.54) is 9.80 Å². The molecular weight excluding hydrogens is 456 g/mol. The van der Waals surface area contributed by atoms with Gasteiger partial charge in [-0.15, -0.1) is 0 Å². The fourth-order valence-corrected chi connectivity index (χ4v) is 5.51. The number of fused-ring (bicyclic) bond motifs is 1. The lowest BCUT2D eigenvalue weighted by molar-refractivity contribution is -0.139. The van der Waals surface area contributed by atoms with Gasteiger partial charge >= 0.3 is 5.97 Å². The zero-order valence-electron chi connectivity index (χ0n) is 18.8. The first kappa shape index (κ1) is 22.6. The minimum Gasteiger partial charge on any atom is -0.426 e. The molecule has 0 spiro atoms. The van der Waals surface area contributed by atoms with Crippen molar-refractivity contribution >= 4 is 46.7 Å². The van der Waals surface area contributed by atoms with Crippen LogP contribution in [-0.2, 0) is 19.2 Å². The van der Waals surface area contributed by atoms with E-state index in [4.69, 9.17) is 16.3 Å². The predicted octanol–water partition coefficient (Wildman–Crippen LogP) is 4.22. The molecule has 3 fully saturated rings. The van der Waals surface area contributed by atoms with E-state index in [1.54, 1.807) is 48.5 Å². The van der Waals surface area contributed by atoms with Gasteiger partial charge in [0.1, 0.15) is 5.75 Å². The van der Waals surface area contributed by atoms with Crippen LogP contribution in [0.3, 0.4) is 0 Å². The van der Waals surface area contributed by atoms with Gasteiger partial charge in [-0.2, -0.15) is 0 Å². The van der Waals surface area contributed by atoms with Crippen molar-refractivity contribution in [1.82, 2.24) is 0 Å². The van der Waals surface area contributed by atoms with E-state index in [0.717, 1.165) is 19.3 Å². The molecule has 2 aromatic carbocycles. The number of ether oxygens (including phenoxy) is 1. The predicted molar refractivity (Wildman–Crippen MR) is 126 cm³/mol. The second-order valence-corrected chi connectivity index (χ2v) is 9.82.